The predicted molar refractivity (Wildman–Crippen MR) is 103 cm³/mol. The Kier molecular flexibility index (Phi) is 5.91. The molecule has 0 fully saturated rings. The second kappa shape index (κ2) is 8.54. The summed E-state index contributed by atoms with van der Waals surface area (Å²) in [5, 5.41) is 0.0565. The van der Waals surface area contributed by atoms with Crippen molar-refractivity contribution in [1.29, 1.82) is 0 Å². The molecular formula is C22H20O2S. The Morgan fingerprint density at radius 3 is 2.16 bits per heavy atom. The average Bonchev–Trinajstić information content (AvgIpc) is 2.69. The first kappa shape index (κ1) is 17.3. The van der Waals surface area contributed by atoms with E-state index in [0.717, 1.165) is 10.5 Å². The van der Waals surface area contributed by atoms with Gasteiger partial charge in [-0.15, -0.1) is 11.8 Å². The highest BCUT2D eigenvalue weighted by atomic mass is 32.2. The molecule has 3 aromatic rings. The molecule has 0 aliphatic rings. The molecule has 0 bridgehead atoms. The number of ether oxygens (including phenoxy) is 1. The minimum atomic E-state index is 0.0565. The van der Waals surface area contributed by atoms with Gasteiger partial charge < -0.3 is 4.74 Å². The zero-order chi connectivity index (χ0) is 17.5. The van der Waals surface area contributed by atoms with E-state index >= 15 is 0 Å². The highest BCUT2D eigenvalue weighted by Crippen LogP contribution is 2.39. The SMILES string of the molecule is COc1ccccc1C(=O)CC(Sc1ccccc1)c1ccccc1. The highest BCUT2D eigenvalue weighted by molar-refractivity contribution is 7.99. The van der Waals surface area contributed by atoms with Gasteiger partial charge in [0.15, 0.2) is 5.78 Å². The molecule has 3 rings (SSSR count). The lowest BCUT2D eigenvalue weighted by Crippen LogP contribution is -2.07. The molecule has 0 N–H and O–H groups in total. The second-order valence-corrected chi connectivity index (χ2v) is 6.93. The zero-order valence-corrected chi connectivity index (χ0v) is 14.9. The van der Waals surface area contributed by atoms with Crippen molar-refractivity contribution in [3.05, 3.63) is 96.1 Å². The molecule has 2 nitrogen and oxygen atoms in total. The van der Waals surface area contributed by atoms with E-state index < -0.39 is 0 Å². The number of carbonyl (C=O) groups is 1. The van der Waals surface area contributed by atoms with Gasteiger partial charge in [0.05, 0.1) is 12.7 Å². The van der Waals surface area contributed by atoms with Crippen LogP contribution in [0.25, 0.3) is 0 Å². The van der Waals surface area contributed by atoms with E-state index in [4.69, 9.17) is 4.74 Å². The Hall–Kier alpha value is -2.52. The molecular weight excluding hydrogens is 328 g/mol. The van der Waals surface area contributed by atoms with Crippen molar-refractivity contribution >= 4 is 17.5 Å². The van der Waals surface area contributed by atoms with Gasteiger partial charge in [-0.25, -0.2) is 0 Å². The Labute approximate surface area is 152 Å². The first-order chi connectivity index (χ1) is 12.3. The van der Waals surface area contributed by atoms with Gasteiger partial charge in [0.1, 0.15) is 5.75 Å². The molecule has 25 heavy (non-hydrogen) atoms. The number of thioether (sulfide) groups is 1. The molecule has 126 valence electrons. The van der Waals surface area contributed by atoms with Crippen LogP contribution < -0.4 is 4.74 Å². The number of methoxy groups -OCH3 is 1. The van der Waals surface area contributed by atoms with Crippen LogP contribution in [0.1, 0.15) is 27.6 Å². The number of benzene rings is 3. The van der Waals surface area contributed by atoms with Crippen LogP contribution in [0.15, 0.2) is 89.8 Å². The minimum absolute atomic E-state index is 0.0565. The second-order valence-electron chi connectivity index (χ2n) is 5.66. The standard InChI is InChI=1S/C22H20O2S/c1-24-21-15-9-8-14-19(21)20(23)16-22(17-10-4-2-5-11-17)25-18-12-6-3-7-13-18/h2-15,22H,16H2,1H3. The maximum atomic E-state index is 12.9. The van der Waals surface area contributed by atoms with Crippen LogP contribution in [-0.2, 0) is 0 Å². The van der Waals surface area contributed by atoms with Crippen LogP contribution in [0, 0.1) is 0 Å². The van der Waals surface area contributed by atoms with Crippen molar-refractivity contribution in [2.45, 2.75) is 16.6 Å². The summed E-state index contributed by atoms with van der Waals surface area (Å²) >= 11 is 1.72. The monoisotopic (exact) mass is 348 g/mol. The molecule has 1 atom stereocenters. The lowest BCUT2D eigenvalue weighted by Gasteiger charge is -2.17. The van der Waals surface area contributed by atoms with Crippen LogP contribution in [0.5, 0.6) is 5.75 Å². The summed E-state index contributed by atoms with van der Waals surface area (Å²) in [6.45, 7) is 0. The van der Waals surface area contributed by atoms with Gasteiger partial charge in [0, 0.05) is 16.6 Å². The number of hydrogen-bond donors (Lipinski definition) is 0. The molecule has 0 heterocycles. The zero-order valence-electron chi connectivity index (χ0n) is 14.1. The van der Waals surface area contributed by atoms with Crippen LogP contribution in [0.3, 0.4) is 0 Å². The van der Waals surface area contributed by atoms with E-state index in [2.05, 4.69) is 24.3 Å². The summed E-state index contributed by atoms with van der Waals surface area (Å²) in [6, 6.07) is 27.8. The molecule has 0 amide bonds. The van der Waals surface area contributed by atoms with Gasteiger partial charge in [0.2, 0.25) is 0 Å². The molecule has 0 aromatic heterocycles. The highest BCUT2D eigenvalue weighted by Gasteiger charge is 2.20. The van der Waals surface area contributed by atoms with Crippen molar-refractivity contribution in [2.75, 3.05) is 7.11 Å². The first-order valence-electron chi connectivity index (χ1n) is 8.21. The number of carbonyl (C=O) groups excluding carboxylic acids is 1. The summed E-state index contributed by atoms with van der Waals surface area (Å²) in [5.41, 5.74) is 1.79. The third-order valence-corrected chi connectivity index (χ3v) is 5.24. The van der Waals surface area contributed by atoms with Gasteiger partial charge >= 0.3 is 0 Å². The smallest absolute Gasteiger partial charge is 0.168 e. The van der Waals surface area contributed by atoms with Crippen LogP contribution >= 0.6 is 11.8 Å². The Morgan fingerprint density at radius 2 is 1.48 bits per heavy atom. The van der Waals surface area contributed by atoms with E-state index in [-0.39, 0.29) is 11.0 Å². The van der Waals surface area contributed by atoms with Gasteiger partial charge in [-0.05, 0) is 29.8 Å². The average molecular weight is 348 g/mol. The summed E-state index contributed by atoms with van der Waals surface area (Å²) in [4.78, 5) is 14.1. The molecule has 0 saturated heterocycles. The maximum absolute atomic E-state index is 12.9. The van der Waals surface area contributed by atoms with E-state index in [9.17, 15) is 4.79 Å². The van der Waals surface area contributed by atoms with E-state index in [1.54, 1.807) is 18.9 Å². The Morgan fingerprint density at radius 1 is 0.880 bits per heavy atom. The minimum Gasteiger partial charge on any atom is -0.496 e. The molecule has 1 unspecified atom stereocenters. The van der Waals surface area contributed by atoms with E-state index in [0.29, 0.717) is 17.7 Å². The third kappa shape index (κ3) is 4.52. The van der Waals surface area contributed by atoms with Crippen molar-refractivity contribution in [3.8, 4) is 5.75 Å². The third-order valence-electron chi connectivity index (χ3n) is 3.97. The quantitative estimate of drug-likeness (QED) is 0.398. The summed E-state index contributed by atoms with van der Waals surface area (Å²) < 4.78 is 5.34. The fourth-order valence-electron chi connectivity index (χ4n) is 2.71. The van der Waals surface area contributed by atoms with E-state index in [1.807, 2.05) is 60.7 Å². The fraction of sp³-hybridized carbons (Fsp3) is 0.136. The van der Waals surface area contributed by atoms with Crippen LogP contribution in [-0.4, -0.2) is 12.9 Å². The van der Waals surface area contributed by atoms with Gasteiger partial charge in [0.25, 0.3) is 0 Å². The number of rotatable bonds is 7. The molecule has 0 saturated carbocycles. The van der Waals surface area contributed by atoms with Crippen molar-refractivity contribution in [1.82, 2.24) is 0 Å². The summed E-state index contributed by atoms with van der Waals surface area (Å²) in [5.74, 6) is 0.721. The molecule has 0 radical (unpaired) electrons. The van der Waals surface area contributed by atoms with E-state index in [1.165, 1.54) is 0 Å². The lowest BCUT2D eigenvalue weighted by atomic mass is 10.0. The number of ketones is 1. The molecule has 0 aliphatic carbocycles. The topological polar surface area (TPSA) is 26.3 Å². The molecule has 3 heteroatoms. The molecule has 3 aromatic carbocycles. The summed E-state index contributed by atoms with van der Waals surface area (Å²) in [6.07, 6.45) is 0.421. The lowest BCUT2D eigenvalue weighted by molar-refractivity contribution is 0.0979. The predicted octanol–water partition coefficient (Wildman–Crippen LogP) is 5.80. The fourth-order valence-corrected chi connectivity index (χ4v) is 3.88. The van der Waals surface area contributed by atoms with Crippen molar-refractivity contribution < 1.29 is 9.53 Å². The Bertz CT molecular complexity index is 816. The number of para-hydroxylation sites is 1. The number of hydrogen-bond acceptors (Lipinski definition) is 3. The molecule has 0 aliphatic heterocycles. The molecule has 0 spiro atoms. The maximum Gasteiger partial charge on any atom is 0.168 e. The normalized spacial score (nSPS) is 11.7. The van der Waals surface area contributed by atoms with Crippen LogP contribution in [0.4, 0.5) is 0 Å². The van der Waals surface area contributed by atoms with Crippen molar-refractivity contribution in [2.24, 2.45) is 0 Å². The van der Waals surface area contributed by atoms with Gasteiger partial charge in [-0.3, -0.25) is 4.79 Å². The Balaban J connectivity index is 1.86. The first-order valence-corrected chi connectivity index (χ1v) is 9.09. The van der Waals surface area contributed by atoms with Crippen LogP contribution in [0.2, 0.25) is 0 Å². The number of Topliss-reactive ketones (excluding diaryl/α,β-unsaturated/α-hetero) is 1. The van der Waals surface area contributed by atoms with Gasteiger partial charge in [-0.1, -0.05) is 60.7 Å². The largest absolute Gasteiger partial charge is 0.496 e. The van der Waals surface area contributed by atoms with Crippen molar-refractivity contribution in [3.63, 3.8) is 0 Å². The summed E-state index contributed by atoms with van der Waals surface area (Å²) in [7, 11) is 1.60. The van der Waals surface area contributed by atoms with Gasteiger partial charge in [-0.2, -0.15) is 0 Å².